The highest BCUT2D eigenvalue weighted by Crippen LogP contribution is 2.22. The van der Waals surface area contributed by atoms with Crippen molar-refractivity contribution in [2.24, 2.45) is 0 Å². The van der Waals surface area contributed by atoms with E-state index in [1.807, 2.05) is 6.07 Å². The first kappa shape index (κ1) is 15.3. The van der Waals surface area contributed by atoms with E-state index in [1.54, 1.807) is 19.2 Å². The highest BCUT2D eigenvalue weighted by atomic mass is 35.5. The number of amides is 1. The second-order valence-corrected chi connectivity index (χ2v) is 4.17. The van der Waals surface area contributed by atoms with Crippen LogP contribution in [0.4, 0.5) is 0 Å². The van der Waals surface area contributed by atoms with Gasteiger partial charge in [-0.2, -0.15) is 5.26 Å². The molecule has 0 saturated heterocycles. The molecule has 0 unspecified atom stereocenters. The van der Waals surface area contributed by atoms with E-state index >= 15 is 0 Å². The molecule has 0 radical (unpaired) electrons. The van der Waals surface area contributed by atoms with Gasteiger partial charge in [-0.05, 0) is 18.6 Å². The van der Waals surface area contributed by atoms with Gasteiger partial charge in [0, 0.05) is 31.4 Å². The van der Waals surface area contributed by atoms with Gasteiger partial charge >= 0.3 is 0 Å². The summed E-state index contributed by atoms with van der Waals surface area (Å²) >= 11 is 5.80. The van der Waals surface area contributed by atoms with Gasteiger partial charge in [-0.15, -0.1) is 0 Å². The number of rotatable bonds is 7. The van der Waals surface area contributed by atoms with Crippen LogP contribution in [0.3, 0.4) is 0 Å². The van der Waals surface area contributed by atoms with E-state index in [0.717, 1.165) is 6.42 Å². The molecule has 1 N–H and O–H groups in total. The van der Waals surface area contributed by atoms with Gasteiger partial charge in [-0.1, -0.05) is 11.6 Å². The third kappa shape index (κ3) is 5.60. The maximum absolute atomic E-state index is 11.5. The highest BCUT2D eigenvalue weighted by molar-refractivity contribution is 6.30. The number of carbonyl (C=O) groups is 1. The Morgan fingerprint density at radius 1 is 1.53 bits per heavy atom. The smallest absolute Gasteiger partial charge is 0.257 e. The summed E-state index contributed by atoms with van der Waals surface area (Å²) in [5.41, 5.74) is 0.344. The second-order valence-electron chi connectivity index (χ2n) is 3.74. The molecule has 0 aliphatic carbocycles. The summed E-state index contributed by atoms with van der Waals surface area (Å²) in [6.07, 6.45) is 0.739. The summed E-state index contributed by atoms with van der Waals surface area (Å²) in [5.74, 6) is 0.0574. The average Bonchev–Trinajstić information content (AvgIpc) is 2.41. The fourth-order valence-electron chi connectivity index (χ4n) is 1.35. The normalized spacial score (nSPS) is 9.74. The summed E-state index contributed by atoms with van der Waals surface area (Å²) < 4.78 is 10.1. The molecule has 19 heavy (non-hydrogen) atoms. The number of benzene rings is 1. The molecule has 0 saturated carbocycles. The zero-order chi connectivity index (χ0) is 14.1. The molecule has 1 aromatic carbocycles. The van der Waals surface area contributed by atoms with Crippen molar-refractivity contribution in [2.45, 2.75) is 6.42 Å². The van der Waals surface area contributed by atoms with Gasteiger partial charge in [0.25, 0.3) is 5.91 Å². The Kier molecular flexibility index (Phi) is 6.72. The lowest BCUT2D eigenvalue weighted by Crippen LogP contribution is -2.30. The standard InChI is InChI=1S/C13H15ClN2O3/c1-18-6-2-5-16-13(17)9-19-12-7-11(14)4-3-10(12)8-15/h3-4,7H,2,5-6,9H2,1H3,(H,16,17). The minimum atomic E-state index is -0.250. The zero-order valence-corrected chi connectivity index (χ0v) is 11.4. The van der Waals surface area contributed by atoms with Gasteiger partial charge in [-0.25, -0.2) is 0 Å². The summed E-state index contributed by atoms with van der Waals surface area (Å²) in [6, 6.07) is 6.63. The van der Waals surface area contributed by atoms with Crippen LogP contribution in [0.15, 0.2) is 18.2 Å². The van der Waals surface area contributed by atoms with Crippen LogP contribution >= 0.6 is 11.6 Å². The third-order valence-electron chi connectivity index (χ3n) is 2.27. The van der Waals surface area contributed by atoms with Crippen LogP contribution in [0.1, 0.15) is 12.0 Å². The highest BCUT2D eigenvalue weighted by Gasteiger charge is 2.07. The fourth-order valence-corrected chi connectivity index (χ4v) is 1.51. The van der Waals surface area contributed by atoms with Crippen LogP contribution in [0.5, 0.6) is 5.75 Å². The number of hydrogen-bond donors (Lipinski definition) is 1. The van der Waals surface area contributed by atoms with Crippen LogP contribution in [-0.4, -0.2) is 32.8 Å². The van der Waals surface area contributed by atoms with E-state index < -0.39 is 0 Å². The van der Waals surface area contributed by atoms with Gasteiger partial charge in [0.05, 0.1) is 5.56 Å². The van der Waals surface area contributed by atoms with Crippen molar-refractivity contribution in [2.75, 3.05) is 26.9 Å². The van der Waals surface area contributed by atoms with Crippen molar-refractivity contribution in [1.29, 1.82) is 5.26 Å². The zero-order valence-electron chi connectivity index (χ0n) is 10.6. The van der Waals surface area contributed by atoms with Crippen molar-refractivity contribution in [3.05, 3.63) is 28.8 Å². The molecule has 0 aliphatic heterocycles. The van der Waals surface area contributed by atoms with E-state index in [9.17, 15) is 4.79 Å². The van der Waals surface area contributed by atoms with E-state index in [4.69, 9.17) is 26.3 Å². The Hall–Kier alpha value is -1.77. The van der Waals surface area contributed by atoms with E-state index in [0.29, 0.717) is 29.5 Å². The van der Waals surface area contributed by atoms with E-state index in [-0.39, 0.29) is 12.5 Å². The molecule has 0 heterocycles. The lowest BCUT2D eigenvalue weighted by atomic mass is 10.2. The number of carbonyl (C=O) groups excluding carboxylic acids is 1. The quantitative estimate of drug-likeness (QED) is 0.773. The minimum Gasteiger partial charge on any atom is -0.482 e. The summed E-state index contributed by atoms with van der Waals surface area (Å²) in [6.45, 7) is 0.965. The summed E-state index contributed by atoms with van der Waals surface area (Å²) in [7, 11) is 1.60. The monoisotopic (exact) mass is 282 g/mol. The molecule has 1 rings (SSSR count). The Labute approximate surface area is 117 Å². The first-order valence-electron chi connectivity index (χ1n) is 5.75. The Morgan fingerprint density at radius 2 is 2.32 bits per heavy atom. The lowest BCUT2D eigenvalue weighted by Gasteiger charge is -2.08. The van der Waals surface area contributed by atoms with Crippen LogP contribution in [0.25, 0.3) is 0 Å². The number of nitriles is 1. The topological polar surface area (TPSA) is 71.3 Å². The molecule has 0 aromatic heterocycles. The molecule has 0 bridgehead atoms. The predicted molar refractivity (Wildman–Crippen MR) is 71.2 cm³/mol. The molecule has 102 valence electrons. The summed E-state index contributed by atoms with van der Waals surface area (Å²) in [4.78, 5) is 11.5. The molecule has 1 aromatic rings. The summed E-state index contributed by atoms with van der Waals surface area (Å²) in [5, 5.41) is 12.0. The second kappa shape index (κ2) is 8.35. The van der Waals surface area contributed by atoms with Crippen molar-refractivity contribution in [3.63, 3.8) is 0 Å². The Balaban J connectivity index is 2.42. The largest absolute Gasteiger partial charge is 0.482 e. The molecular formula is C13H15ClN2O3. The van der Waals surface area contributed by atoms with Crippen molar-refractivity contribution < 1.29 is 14.3 Å². The van der Waals surface area contributed by atoms with Gasteiger partial charge in [-0.3, -0.25) is 4.79 Å². The molecule has 6 heteroatoms. The minimum absolute atomic E-state index is 0.151. The first-order valence-corrected chi connectivity index (χ1v) is 6.13. The Morgan fingerprint density at radius 3 is 3.00 bits per heavy atom. The molecule has 0 fully saturated rings. The molecule has 0 aliphatic rings. The van der Waals surface area contributed by atoms with Crippen LogP contribution in [0.2, 0.25) is 5.02 Å². The van der Waals surface area contributed by atoms with Crippen LogP contribution in [-0.2, 0) is 9.53 Å². The molecule has 0 atom stereocenters. The first-order chi connectivity index (χ1) is 9.17. The SMILES string of the molecule is COCCCNC(=O)COc1cc(Cl)ccc1C#N. The van der Waals surface area contributed by atoms with E-state index in [1.165, 1.54) is 6.07 Å². The Bertz CT molecular complexity index is 471. The average molecular weight is 283 g/mol. The van der Waals surface area contributed by atoms with Crippen LogP contribution < -0.4 is 10.1 Å². The van der Waals surface area contributed by atoms with Gasteiger partial charge in [0.15, 0.2) is 6.61 Å². The van der Waals surface area contributed by atoms with Gasteiger partial charge in [0.1, 0.15) is 11.8 Å². The molecule has 0 spiro atoms. The molecule has 5 nitrogen and oxygen atoms in total. The number of halogens is 1. The third-order valence-corrected chi connectivity index (χ3v) is 2.51. The van der Waals surface area contributed by atoms with E-state index in [2.05, 4.69) is 5.32 Å². The number of ether oxygens (including phenoxy) is 2. The lowest BCUT2D eigenvalue weighted by molar-refractivity contribution is -0.123. The number of methoxy groups -OCH3 is 1. The van der Waals surface area contributed by atoms with Gasteiger partial charge < -0.3 is 14.8 Å². The van der Waals surface area contributed by atoms with Crippen molar-refractivity contribution >= 4 is 17.5 Å². The fraction of sp³-hybridized carbons (Fsp3) is 0.385. The van der Waals surface area contributed by atoms with Crippen LogP contribution in [0, 0.1) is 11.3 Å². The van der Waals surface area contributed by atoms with Crippen molar-refractivity contribution in [3.8, 4) is 11.8 Å². The molecular weight excluding hydrogens is 268 g/mol. The number of nitrogens with zero attached hydrogens (tertiary/aromatic N) is 1. The predicted octanol–water partition coefficient (Wildman–Crippen LogP) is 1.74. The van der Waals surface area contributed by atoms with Gasteiger partial charge in [0.2, 0.25) is 0 Å². The number of nitrogens with one attached hydrogen (secondary N) is 1. The molecule has 1 amide bonds. The maximum Gasteiger partial charge on any atom is 0.257 e. The maximum atomic E-state index is 11.5. The number of hydrogen-bond acceptors (Lipinski definition) is 4. The van der Waals surface area contributed by atoms with Crippen molar-refractivity contribution in [1.82, 2.24) is 5.32 Å².